The summed E-state index contributed by atoms with van der Waals surface area (Å²) in [5, 5.41) is 1.56. The van der Waals surface area contributed by atoms with Gasteiger partial charge in [0.2, 0.25) is 0 Å². The lowest BCUT2D eigenvalue weighted by Gasteiger charge is -2.14. The van der Waals surface area contributed by atoms with Crippen molar-refractivity contribution in [1.29, 1.82) is 0 Å². The van der Waals surface area contributed by atoms with Crippen molar-refractivity contribution in [2.24, 2.45) is 0 Å². The Morgan fingerprint density at radius 3 is 3.11 bits per heavy atom. The second-order valence-electron chi connectivity index (χ2n) is 4.98. The monoisotopic (exact) mass is 312 g/mol. The molecule has 1 aliphatic rings. The van der Waals surface area contributed by atoms with Crippen LogP contribution in [0.1, 0.15) is 32.2 Å². The number of aromatic amines is 1. The third-order valence-electron chi connectivity index (χ3n) is 3.81. The summed E-state index contributed by atoms with van der Waals surface area (Å²) in [7, 11) is 0. The van der Waals surface area contributed by atoms with Gasteiger partial charge in [-0.15, -0.1) is 0 Å². The molecule has 1 aromatic heterocycles. The third-order valence-corrected chi connectivity index (χ3v) is 5.65. The van der Waals surface area contributed by atoms with Gasteiger partial charge in [-0.1, -0.05) is 24.6 Å². The molecule has 1 aromatic carbocycles. The van der Waals surface area contributed by atoms with E-state index in [0.29, 0.717) is 6.04 Å². The summed E-state index contributed by atoms with van der Waals surface area (Å²) in [6, 6.07) is 6.44. The lowest BCUT2D eigenvalue weighted by Crippen LogP contribution is -2.06. The maximum absolute atomic E-state index is 6.36. The van der Waals surface area contributed by atoms with Gasteiger partial charge < -0.3 is 9.55 Å². The fourth-order valence-electron chi connectivity index (χ4n) is 3.03. The molecule has 1 fully saturated rings. The molecular weight excluding hydrogens is 296 g/mol. The normalized spacial score (nSPS) is 23.3. The molecule has 5 heteroatoms. The molecule has 19 heavy (non-hydrogen) atoms. The maximum atomic E-state index is 6.36. The highest BCUT2D eigenvalue weighted by molar-refractivity contribution is 7.99. The van der Waals surface area contributed by atoms with Crippen LogP contribution in [-0.4, -0.2) is 20.6 Å². The average molecular weight is 313 g/mol. The Bertz CT molecular complexity index is 646. The number of imidazole rings is 1. The maximum Gasteiger partial charge on any atom is 0.178 e. The van der Waals surface area contributed by atoms with E-state index in [1.165, 1.54) is 25.0 Å². The number of halogens is 1. The summed E-state index contributed by atoms with van der Waals surface area (Å²) >= 11 is 13.9. The lowest BCUT2D eigenvalue weighted by molar-refractivity contribution is 0.527. The van der Waals surface area contributed by atoms with Gasteiger partial charge in [0.15, 0.2) is 4.77 Å². The molecule has 0 bridgehead atoms. The van der Waals surface area contributed by atoms with Crippen molar-refractivity contribution in [1.82, 2.24) is 9.55 Å². The second kappa shape index (κ2) is 5.51. The highest BCUT2D eigenvalue weighted by Gasteiger charge is 2.27. The van der Waals surface area contributed by atoms with Crippen molar-refractivity contribution in [3.05, 3.63) is 28.0 Å². The van der Waals surface area contributed by atoms with E-state index < -0.39 is 0 Å². The minimum Gasteiger partial charge on any atom is -0.331 e. The van der Waals surface area contributed by atoms with Crippen molar-refractivity contribution in [3.8, 4) is 0 Å². The van der Waals surface area contributed by atoms with E-state index in [9.17, 15) is 0 Å². The average Bonchev–Trinajstić information content (AvgIpc) is 2.94. The van der Waals surface area contributed by atoms with Crippen molar-refractivity contribution in [2.45, 2.75) is 37.5 Å². The van der Waals surface area contributed by atoms with Crippen molar-refractivity contribution in [2.75, 3.05) is 5.75 Å². The smallest absolute Gasteiger partial charge is 0.178 e. The van der Waals surface area contributed by atoms with Crippen molar-refractivity contribution < 1.29 is 0 Å². The van der Waals surface area contributed by atoms with Crippen LogP contribution in [0.3, 0.4) is 0 Å². The largest absolute Gasteiger partial charge is 0.331 e. The van der Waals surface area contributed by atoms with Gasteiger partial charge in [0.25, 0.3) is 0 Å². The van der Waals surface area contributed by atoms with Gasteiger partial charge in [-0.05, 0) is 49.4 Å². The van der Waals surface area contributed by atoms with Crippen LogP contribution in [0.4, 0.5) is 0 Å². The second-order valence-corrected chi connectivity index (χ2v) is 7.35. The topological polar surface area (TPSA) is 20.7 Å². The Morgan fingerprint density at radius 1 is 1.47 bits per heavy atom. The number of hydrogen-bond acceptors (Lipinski definition) is 2. The highest BCUT2D eigenvalue weighted by atomic mass is 35.5. The van der Waals surface area contributed by atoms with Gasteiger partial charge in [-0.3, -0.25) is 0 Å². The van der Waals surface area contributed by atoms with E-state index >= 15 is 0 Å². The Balaban J connectivity index is 2.02. The Kier molecular flexibility index (Phi) is 3.92. The van der Waals surface area contributed by atoms with Crippen molar-refractivity contribution >= 4 is 46.6 Å². The van der Waals surface area contributed by atoms with Crippen LogP contribution in [0.15, 0.2) is 18.2 Å². The summed E-state index contributed by atoms with van der Waals surface area (Å²) in [6.07, 6.45) is 3.68. The van der Waals surface area contributed by atoms with E-state index in [4.69, 9.17) is 23.8 Å². The number of para-hydroxylation sites is 1. The zero-order valence-corrected chi connectivity index (χ0v) is 13.2. The molecule has 2 nitrogen and oxygen atoms in total. The van der Waals surface area contributed by atoms with Crippen LogP contribution in [0, 0.1) is 4.77 Å². The molecule has 2 unspecified atom stereocenters. The number of benzene rings is 1. The van der Waals surface area contributed by atoms with E-state index in [-0.39, 0.29) is 0 Å². The van der Waals surface area contributed by atoms with Crippen LogP contribution in [0.5, 0.6) is 0 Å². The van der Waals surface area contributed by atoms with Gasteiger partial charge in [-0.2, -0.15) is 11.8 Å². The number of nitrogens with zero attached hydrogens (tertiary/aromatic N) is 1. The van der Waals surface area contributed by atoms with E-state index in [1.54, 1.807) is 0 Å². The quantitative estimate of drug-likeness (QED) is 0.786. The van der Waals surface area contributed by atoms with Crippen LogP contribution in [0.2, 0.25) is 5.02 Å². The van der Waals surface area contributed by atoms with Gasteiger partial charge in [0, 0.05) is 11.3 Å². The molecule has 1 N–H and O–H groups in total. The predicted octanol–water partition coefficient (Wildman–Crippen LogP) is 5.20. The standard InChI is InChI=1S/C14H17ClN2S2/c1-2-19-10-7-6-9(8-10)17-13-11(15)4-3-5-12(13)16-14(17)18/h3-5,9-10H,2,6-8H2,1H3,(H,16,18). The molecule has 1 heterocycles. The first-order valence-electron chi connectivity index (χ1n) is 6.71. The predicted molar refractivity (Wildman–Crippen MR) is 86.9 cm³/mol. The highest BCUT2D eigenvalue weighted by Crippen LogP contribution is 2.39. The summed E-state index contributed by atoms with van der Waals surface area (Å²) in [6.45, 7) is 2.23. The van der Waals surface area contributed by atoms with Gasteiger partial charge in [0.05, 0.1) is 16.1 Å². The summed E-state index contributed by atoms with van der Waals surface area (Å²) in [4.78, 5) is 3.28. The molecule has 2 atom stereocenters. The zero-order valence-electron chi connectivity index (χ0n) is 10.9. The van der Waals surface area contributed by atoms with Crippen LogP contribution >= 0.6 is 35.6 Å². The minimum atomic E-state index is 0.491. The molecule has 1 saturated carbocycles. The molecule has 0 saturated heterocycles. The Hall–Kier alpha value is -0.450. The molecule has 0 amide bonds. The Labute approximate surface area is 127 Å². The SMILES string of the molecule is CCSC1CCC(n2c(=S)[nH]c3cccc(Cl)c32)C1. The first kappa shape index (κ1) is 13.5. The van der Waals surface area contributed by atoms with E-state index in [2.05, 4.69) is 28.2 Å². The van der Waals surface area contributed by atoms with Gasteiger partial charge >= 0.3 is 0 Å². The van der Waals surface area contributed by atoms with Gasteiger partial charge in [-0.25, -0.2) is 0 Å². The number of hydrogen-bond donors (Lipinski definition) is 1. The Morgan fingerprint density at radius 2 is 2.32 bits per heavy atom. The first-order valence-corrected chi connectivity index (χ1v) is 8.54. The van der Waals surface area contributed by atoms with Crippen molar-refractivity contribution in [3.63, 3.8) is 0 Å². The fraction of sp³-hybridized carbons (Fsp3) is 0.500. The number of thioether (sulfide) groups is 1. The summed E-state index contributed by atoms with van der Waals surface area (Å²) in [5.41, 5.74) is 2.12. The fourth-order valence-corrected chi connectivity index (χ4v) is 4.77. The molecule has 0 aliphatic heterocycles. The number of H-pyrrole nitrogens is 1. The molecule has 2 aromatic rings. The zero-order chi connectivity index (χ0) is 13.4. The minimum absolute atomic E-state index is 0.491. The molecule has 3 rings (SSSR count). The van der Waals surface area contributed by atoms with E-state index in [1.807, 2.05) is 18.2 Å². The molecule has 0 spiro atoms. The summed E-state index contributed by atoms with van der Waals surface area (Å²) < 4.78 is 3.04. The number of rotatable bonds is 3. The van der Waals surface area contributed by atoms with E-state index in [0.717, 1.165) is 26.1 Å². The number of fused-ring (bicyclic) bond motifs is 1. The third kappa shape index (κ3) is 2.46. The van der Waals surface area contributed by atoms with Crippen LogP contribution in [0.25, 0.3) is 11.0 Å². The lowest BCUT2D eigenvalue weighted by atomic mass is 10.2. The molecule has 1 aliphatic carbocycles. The summed E-state index contributed by atoms with van der Waals surface area (Å²) in [5.74, 6) is 1.19. The van der Waals surface area contributed by atoms with Crippen LogP contribution in [-0.2, 0) is 0 Å². The molecule has 0 radical (unpaired) electrons. The van der Waals surface area contributed by atoms with Crippen LogP contribution < -0.4 is 0 Å². The molecule has 102 valence electrons. The van der Waals surface area contributed by atoms with Gasteiger partial charge in [0.1, 0.15) is 0 Å². The number of nitrogens with one attached hydrogen (secondary N) is 1. The first-order chi connectivity index (χ1) is 9.20. The number of aromatic nitrogens is 2. The molecular formula is C14H17ClN2S2.